The van der Waals surface area contributed by atoms with Crippen molar-refractivity contribution in [2.75, 3.05) is 0 Å². The maximum Gasteiger partial charge on any atom is 0.277 e. The van der Waals surface area contributed by atoms with Crippen molar-refractivity contribution < 1.29 is 4.42 Å². The molecule has 70 valence electrons. The van der Waals surface area contributed by atoms with E-state index < -0.39 is 0 Å². The molecule has 1 unspecified atom stereocenters. The fourth-order valence-corrected chi connectivity index (χ4v) is 1.39. The Hall–Kier alpha value is -1.06. The van der Waals surface area contributed by atoms with Crippen LogP contribution in [0.3, 0.4) is 0 Å². The summed E-state index contributed by atoms with van der Waals surface area (Å²) in [4.78, 5) is 0. The van der Waals surface area contributed by atoms with Gasteiger partial charge in [-0.05, 0) is 18.2 Å². The normalized spacial score (nSPS) is 12.4. The lowest BCUT2D eigenvalue weighted by molar-refractivity contribution is 0.414. The molecular formula is C7H10N4OS. The Morgan fingerprint density at radius 3 is 2.92 bits per heavy atom. The van der Waals surface area contributed by atoms with Gasteiger partial charge in [0.2, 0.25) is 5.89 Å². The molecule has 1 atom stereocenters. The highest BCUT2D eigenvalue weighted by Gasteiger charge is 2.12. The standard InChI is InChI=1S/C7H10N4OS/c1-2-5(3-8)13-7-11-10-6(4-9)12-7/h5H,2,4,9H2,1H3. The number of hydrogen-bond donors (Lipinski definition) is 1. The first-order valence-electron chi connectivity index (χ1n) is 3.88. The number of nitrogens with two attached hydrogens (primary N) is 1. The highest BCUT2D eigenvalue weighted by atomic mass is 32.2. The van der Waals surface area contributed by atoms with Crippen LogP contribution in [-0.2, 0) is 6.54 Å². The Bertz CT molecular complexity index is 306. The first-order chi connectivity index (χ1) is 6.30. The summed E-state index contributed by atoms with van der Waals surface area (Å²) in [7, 11) is 0. The van der Waals surface area contributed by atoms with E-state index in [1.807, 2.05) is 6.92 Å². The van der Waals surface area contributed by atoms with Crippen molar-refractivity contribution in [2.24, 2.45) is 5.73 Å². The summed E-state index contributed by atoms with van der Waals surface area (Å²) in [6.45, 7) is 2.16. The van der Waals surface area contributed by atoms with Crippen LogP contribution in [0.2, 0.25) is 0 Å². The van der Waals surface area contributed by atoms with Gasteiger partial charge >= 0.3 is 0 Å². The zero-order valence-electron chi connectivity index (χ0n) is 7.23. The summed E-state index contributed by atoms with van der Waals surface area (Å²) in [5.74, 6) is 0.398. The lowest BCUT2D eigenvalue weighted by atomic mass is 10.4. The fourth-order valence-electron chi connectivity index (χ4n) is 0.691. The minimum absolute atomic E-state index is 0.133. The SMILES string of the molecule is CCC(C#N)Sc1nnc(CN)o1. The van der Waals surface area contributed by atoms with Gasteiger partial charge in [0.15, 0.2) is 0 Å². The monoisotopic (exact) mass is 198 g/mol. The van der Waals surface area contributed by atoms with Crippen LogP contribution in [0.1, 0.15) is 19.2 Å². The number of aromatic nitrogens is 2. The van der Waals surface area contributed by atoms with Gasteiger partial charge in [0.05, 0.1) is 12.6 Å². The van der Waals surface area contributed by atoms with E-state index in [0.717, 1.165) is 6.42 Å². The fraction of sp³-hybridized carbons (Fsp3) is 0.571. The van der Waals surface area contributed by atoms with Crippen LogP contribution < -0.4 is 5.73 Å². The van der Waals surface area contributed by atoms with E-state index in [-0.39, 0.29) is 11.8 Å². The lowest BCUT2D eigenvalue weighted by Crippen LogP contribution is -1.95. The molecule has 13 heavy (non-hydrogen) atoms. The van der Waals surface area contributed by atoms with Crippen molar-refractivity contribution in [3.05, 3.63) is 5.89 Å². The molecule has 0 amide bonds. The molecule has 1 aromatic heterocycles. The maximum absolute atomic E-state index is 8.67. The van der Waals surface area contributed by atoms with Crippen LogP contribution in [0.5, 0.6) is 0 Å². The van der Waals surface area contributed by atoms with E-state index in [2.05, 4.69) is 16.3 Å². The van der Waals surface area contributed by atoms with Crippen molar-refractivity contribution in [3.8, 4) is 6.07 Å². The van der Waals surface area contributed by atoms with Crippen molar-refractivity contribution in [2.45, 2.75) is 30.4 Å². The number of nitrogens with zero attached hydrogens (tertiary/aromatic N) is 3. The molecule has 0 radical (unpaired) electrons. The minimum atomic E-state index is -0.133. The third-order valence-electron chi connectivity index (χ3n) is 1.38. The van der Waals surface area contributed by atoms with Crippen LogP contribution in [0, 0.1) is 11.3 Å². The highest BCUT2D eigenvalue weighted by Crippen LogP contribution is 2.23. The Morgan fingerprint density at radius 2 is 2.46 bits per heavy atom. The summed E-state index contributed by atoms with van der Waals surface area (Å²) in [5, 5.41) is 16.4. The van der Waals surface area contributed by atoms with Gasteiger partial charge in [-0.25, -0.2) is 0 Å². The molecule has 0 saturated heterocycles. The highest BCUT2D eigenvalue weighted by molar-refractivity contribution is 7.99. The first-order valence-corrected chi connectivity index (χ1v) is 4.76. The maximum atomic E-state index is 8.67. The summed E-state index contributed by atoms with van der Waals surface area (Å²) >= 11 is 1.27. The van der Waals surface area contributed by atoms with Crippen LogP contribution >= 0.6 is 11.8 Å². The third kappa shape index (κ3) is 2.72. The number of nitriles is 1. The molecule has 0 fully saturated rings. The average molecular weight is 198 g/mol. The lowest BCUT2D eigenvalue weighted by Gasteiger charge is -1.98. The van der Waals surface area contributed by atoms with E-state index >= 15 is 0 Å². The molecule has 0 spiro atoms. The Labute approximate surface area is 80.3 Å². The second-order valence-corrected chi connectivity index (χ2v) is 3.46. The van der Waals surface area contributed by atoms with Crippen LogP contribution in [0.25, 0.3) is 0 Å². The predicted molar refractivity (Wildman–Crippen MR) is 47.7 cm³/mol. The van der Waals surface area contributed by atoms with Crippen molar-refractivity contribution in [1.29, 1.82) is 5.26 Å². The van der Waals surface area contributed by atoms with E-state index in [9.17, 15) is 0 Å². The van der Waals surface area contributed by atoms with Crippen molar-refractivity contribution in [3.63, 3.8) is 0 Å². The molecule has 5 nitrogen and oxygen atoms in total. The van der Waals surface area contributed by atoms with Crippen molar-refractivity contribution >= 4 is 11.8 Å². The van der Waals surface area contributed by atoms with Gasteiger partial charge in [0.25, 0.3) is 5.22 Å². The Kier molecular flexibility index (Phi) is 3.73. The minimum Gasteiger partial charge on any atom is -0.415 e. The molecule has 0 bridgehead atoms. The smallest absolute Gasteiger partial charge is 0.277 e. The van der Waals surface area contributed by atoms with E-state index in [1.165, 1.54) is 11.8 Å². The van der Waals surface area contributed by atoms with E-state index in [1.54, 1.807) is 0 Å². The number of rotatable bonds is 4. The van der Waals surface area contributed by atoms with Gasteiger partial charge in [-0.2, -0.15) is 5.26 Å². The first kappa shape index (κ1) is 10.0. The third-order valence-corrected chi connectivity index (χ3v) is 2.47. The largest absolute Gasteiger partial charge is 0.415 e. The van der Waals surface area contributed by atoms with Gasteiger partial charge < -0.3 is 10.2 Å². The molecule has 2 N–H and O–H groups in total. The Morgan fingerprint density at radius 1 is 1.69 bits per heavy atom. The van der Waals surface area contributed by atoms with Crippen LogP contribution in [-0.4, -0.2) is 15.4 Å². The molecular weight excluding hydrogens is 188 g/mol. The zero-order valence-corrected chi connectivity index (χ0v) is 8.04. The molecule has 0 saturated carbocycles. The topological polar surface area (TPSA) is 88.7 Å². The Balaban J connectivity index is 2.58. The van der Waals surface area contributed by atoms with Gasteiger partial charge in [-0.3, -0.25) is 0 Å². The van der Waals surface area contributed by atoms with Gasteiger partial charge in [-0.15, -0.1) is 10.2 Å². The van der Waals surface area contributed by atoms with Gasteiger partial charge in [-0.1, -0.05) is 6.92 Å². The molecule has 1 rings (SSSR count). The van der Waals surface area contributed by atoms with E-state index in [4.69, 9.17) is 15.4 Å². The molecule has 0 aliphatic heterocycles. The quantitative estimate of drug-likeness (QED) is 0.724. The van der Waals surface area contributed by atoms with Crippen LogP contribution in [0.15, 0.2) is 9.64 Å². The summed E-state index contributed by atoms with van der Waals surface area (Å²) in [6.07, 6.45) is 0.751. The average Bonchev–Trinajstić information content (AvgIpc) is 2.61. The zero-order chi connectivity index (χ0) is 9.68. The summed E-state index contributed by atoms with van der Waals surface area (Å²) in [6, 6.07) is 2.13. The summed E-state index contributed by atoms with van der Waals surface area (Å²) < 4.78 is 5.13. The molecule has 0 aliphatic carbocycles. The van der Waals surface area contributed by atoms with Gasteiger partial charge in [0.1, 0.15) is 5.25 Å². The number of thioether (sulfide) groups is 1. The summed E-state index contributed by atoms with van der Waals surface area (Å²) in [5.41, 5.74) is 5.29. The van der Waals surface area contributed by atoms with Crippen molar-refractivity contribution in [1.82, 2.24) is 10.2 Å². The predicted octanol–water partition coefficient (Wildman–Crippen LogP) is 0.923. The molecule has 6 heteroatoms. The second kappa shape index (κ2) is 4.84. The second-order valence-electron chi connectivity index (χ2n) is 2.31. The molecule has 1 aromatic rings. The number of hydrogen-bond acceptors (Lipinski definition) is 6. The molecule has 0 aliphatic rings. The molecule has 0 aromatic carbocycles. The molecule has 1 heterocycles. The van der Waals surface area contributed by atoms with Gasteiger partial charge in [0, 0.05) is 0 Å². The van der Waals surface area contributed by atoms with E-state index in [0.29, 0.717) is 11.1 Å². The van der Waals surface area contributed by atoms with Crippen LogP contribution in [0.4, 0.5) is 0 Å².